The molecule has 1 rings (SSSR count). The number of rotatable bonds is 5. The minimum atomic E-state index is -2.31. The van der Waals surface area contributed by atoms with E-state index in [2.05, 4.69) is 69.9 Å². The number of hydrogen-bond donors (Lipinski definition) is 1. The van der Waals surface area contributed by atoms with Gasteiger partial charge in [0.2, 0.25) is 0 Å². The number of nitrogens with one attached hydrogen (secondary N) is 1. The summed E-state index contributed by atoms with van der Waals surface area (Å²) in [5, 5.41) is 1.16. The Bertz CT molecular complexity index is 388. The molecule has 1 N–H and O–H groups in total. The minimum Gasteiger partial charge on any atom is -0.433 e. The molecule has 0 radical (unpaired) electrons. The summed E-state index contributed by atoms with van der Waals surface area (Å²) in [7, 11) is -5.56. The van der Waals surface area contributed by atoms with Crippen LogP contribution in [0.25, 0.3) is 0 Å². The maximum atomic E-state index is 6.46. The van der Waals surface area contributed by atoms with E-state index in [1.807, 2.05) is 0 Å². The zero-order valence-electron chi connectivity index (χ0n) is 13.0. The fraction of sp³-hybridized carbons (Fsp3) is 0.667. The summed E-state index contributed by atoms with van der Waals surface area (Å²) < 4.78 is 12.9. The summed E-state index contributed by atoms with van der Waals surface area (Å²) >= 11 is 0. The zero-order valence-corrected chi connectivity index (χ0v) is 16.0. The molecule has 0 saturated carbocycles. The Morgan fingerprint density at radius 2 is 1.28 bits per heavy atom. The highest BCUT2D eigenvalue weighted by atomic mass is 28.5. The lowest BCUT2D eigenvalue weighted by atomic mass is 10.5. The summed E-state index contributed by atoms with van der Waals surface area (Å²) in [5.74, 6) is 0. The van der Waals surface area contributed by atoms with Crippen molar-refractivity contribution in [2.75, 3.05) is 0 Å². The van der Waals surface area contributed by atoms with Gasteiger partial charge in [0.15, 0.2) is 16.6 Å². The Kier molecular flexibility index (Phi) is 4.49. The highest BCUT2D eigenvalue weighted by Crippen LogP contribution is 2.20. The van der Waals surface area contributed by atoms with Crippen molar-refractivity contribution >= 4 is 30.5 Å². The molecule has 0 spiro atoms. The van der Waals surface area contributed by atoms with Crippen molar-refractivity contribution in [3.05, 3.63) is 17.8 Å². The van der Waals surface area contributed by atoms with Crippen LogP contribution in [0.2, 0.25) is 45.8 Å². The van der Waals surface area contributed by atoms with Crippen LogP contribution >= 0.6 is 0 Å². The van der Waals surface area contributed by atoms with Crippen LogP contribution in [0.15, 0.2) is 12.1 Å². The van der Waals surface area contributed by atoms with Gasteiger partial charge in [0, 0.05) is 5.69 Å². The van der Waals surface area contributed by atoms with Crippen LogP contribution in [0.4, 0.5) is 0 Å². The van der Waals surface area contributed by atoms with Gasteiger partial charge in [0.1, 0.15) is 0 Å². The smallest absolute Gasteiger partial charge is 0.365 e. The quantitative estimate of drug-likeness (QED) is 0.847. The fourth-order valence-electron chi connectivity index (χ4n) is 2.07. The standard InChI is InChI=1S/C12H27NO2Si3/c1-11-9-10-12(13-11)18(8,14-16(2,3)4)15-17(5,6)7/h9-10,13H,1-8H3. The lowest BCUT2D eigenvalue weighted by Crippen LogP contribution is -2.60. The van der Waals surface area contributed by atoms with Gasteiger partial charge < -0.3 is 13.2 Å². The Morgan fingerprint density at radius 1 is 0.833 bits per heavy atom. The fourth-order valence-corrected chi connectivity index (χ4v) is 13.6. The summed E-state index contributed by atoms with van der Waals surface area (Å²) in [6, 6.07) is 4.23. The lowest BCUT2D eigenvalue weighted by Gasteiger charge is -2.37. The molecule has 104 valence electrons. The Morgan fingerprint density at radius 3 is 1.56 bits per heavy atom. The van der Waals surface area contributed by atoms with Crippen molar-refractivity contribution in [2.45, 2.75) is 52.8 Å². The molecule has 0 aliphatic rings. The van der Waals surface area contributed by atoms with Crippen LogP contribution < -0.4 is 5.32 Å². The molecule has 1 aromatic heterocycles. The molecule has 6 heteroatoms. The van der Waals surface area contributed by atoms with Crippen LogP contribution in [0, 0.1) is 6.92 Å². The number of aryl methyl sites for hydroxylation is 1. The second kappa shape index (κ2) is 5.09. The zero-order chi connectivity index (χ0) is 14.2. The van der Waals surface area contributed by atoms with Crippen molar-refractivity contribution in [1.82, 2.24) is 4.98 Å². The summed E-state index contributed by atoms with van der Waals surface area (Å²) in [6.45, 7) is 17.6. The summed E-state index contributed by atoms with van der Waals surface area (Å²) in [6.07, 6.45) is 0. The Labute approximate surface area is 114 Å². The molecule has 18 heavy (non-hydrogen) atoms. The van der Waals surface area contributed by atoms with Gasteiger partial charge in [-0.1, -0.05) is 0 Å². The molecule has 0 unspecified atom stereocenters. The molecule has 1 aromatic rings. The second-order valence-electron chi connectivity index (χ2n) is 6.93. The molecule has 0 aromatic carbocycles. The topological polar surface area (TPSA) is 34.2 Å². The maximum absolute atomic E-state index is 6.46. The van der Waals surface area contributed by atoms with E-state index in [9.17, 15) is 0 Å². The molecular weight excluding hydrogens is 274 g/mol. The first-order valence-electron chi connectivity index (χ1n) is 6.48. The van der Waals surface area contributed by atoms with Crippen LogP contribution in [-0.4, -0.2) is 30.2 Å². The van der Waals surface area contributed by atoms with Gasteiger partial charge in [-0.2, -0.15) is 0 Å². The number of H-pyrrole nitrogens is 1. The molecule has 1 heterocycles. The van der Waals surface area contributed by atoms with E-state index in [0.29, 0.717) is 0 Å². The van der Waals surface area contributed by atoms with Crippen molar-refractivity contribution < 1.29 is 8.23 Å². The van der Waals surface area contributed by atoms with Crippen LogP contribution in [0.5, 0.6) is 0 Å². The lowest BCUT2D eigenvalue weighted by molar-refractivity contribution is 0.403. The van der Waals surface area contributed by atoms with Crippen LogP contribution in [0.1, 0.15) is 5.69 Å². The third-order valence-electron chi connectivity index (χ3n) is 2.32. The Hall–Kier alpha value is -0.149. The van der Waals surface area contributed by atoms with Crippen molar-refractivity contribution in [2.24, 2.45) is 0 Å². The second-order valence-corrected chi connectivity index (χ2v) is 19.4. The number of hydrogen-bond acceptors (Lipinski definition) is 2. The van der Waals surface area contributed by atoms with E-state index in [4.69, 9.17) is 8.23 Å². The monoisotopic (exact) mass is 301 g/mol. The van der Waals surface area contributed by atoms with Crippen LogP contribution in [-0.2, 0) is 8.23 Å². The van der Waals surface area contributed by atoms with E-state index in [0.717, 1.165) is 5.32 Å². The van der Waals surface area contributed by atoms with E-state index in [1.165, 1.54) is 5.69 Å². The third-order valence-corrected chi connectivity index (χ3v) is 11.6. The van der Waals surface area contributed by atoms with E-state index < -0.39 is 25.2 Å². The minimum absolute atomic E-state index is 1.16. The van der Waals surface area contributed by atoms with E-state index >= 15 is 0 Å². The largest absolute Gasteiger partial charge is 0.433 e. The molecule has 0 aliphatic carbocycles. The van der Waals surface area contributed by atoms with Crippen molar-refractivity contribution in [1.29, 1.82) is 0 Å². The van der Waals surface area contributed by atoms with Gasteiger partial charge in [-0.25, -0.2) is 0 Å². The van der Waals surface area contributed by atoms with Gasteiger partial charge in [0.25, 0.3) is 0 Å². The molecule has 0 saturated heterocycles. The van der Waals surface area contributed by atoms with Gasteiger partial charge in [-0.3, -0.25) is 0 Å². The highest BCUT2D eigenvalue weighted by Gasteiger charge is 2.43. The summed E-state index contributed by atoms with van der Waals surface area (Å²) in [5.41, 5.74) is 1.17. The van der Waals surface area contributed by atoms with Gasteiger partial charge in [0.05, 0.1) is 5.32 Å². The van der Waals surface area contributed by atoms with Crippen molar-refractivity contribution in [3.63, 3.8) is 0 Å². The molecule has 0 fully saturated rings. The predicted octanol–water partition coefficient (Wildman–Crippen LogP) is 3.31. The normalized spacial score (nSPS) is 14.0. The summed E-state index contributed by atoms with van der Waals surface area (Å²) in [4.78, 5) is 3.42. The first-order valence-corrected chi connectivity index (χ1v) is 15.6. The molecule has 0 amide bonds. The van der Waals surface area contributed by atoms with Crippen LogP contribution in [0.3, 0.4) is 0 Å². The average Bonchev–Trinajstić information content (AvgIpc) is 2.44. The van der Waals surface area contributed by atoms with Gasteiger partial charge >= 0.3 is 8.56 Å². The number of aromatic nitrogens is 1. The molecular formula is C12H27NO2Si3. The van der Waals surface area contributed by atoms with Gasteiger partial charge in [-0.15, -0.1) is 0 Å². The SMILES string of the molecule is Cc1ccc([Si](C)(O[Si](C)(C)C)O[Si](C)(C)C)[nH]1. The van der Waals surface area contributed by atoms with Crippen molar-refractivity contribution in [3.8, 4) is 0 Å². The first-order chi connectivity index (χ1) is 7.91. The molecule has 0 aliphatic heterocycles. The maximum Gasteiger partial charge on any atom is 0.365 e. The third kappa shape index (κ3) is 4.85. The Balaban J connectivity index is 3.09. The highest BCUT2D eigenvalue weighted by molar-refractivity contribution is 6.93. The first kappa shape index (κ1) is 15.9. The average molecular weight is 302 g/mol. The molecule has 0 bridgehead atoms. The predicted molar refractivity (Wildman–Crippen MR) is 85.6 cm³/mol. The van der Waals surface area contributed by atoms with E-state index in [-0.39, 0.29) is 0 Å². The van der Waals surface area contributed by atoms with E-state index in [1.54, 1.807) is 0 Å². The van der Waals surface area contributed by atoms with Gasteiger partial charge in [-0.05, 0) is 64.9 Å². The number of aromatic amines is 1. The molecule has 3 nitrogen and oxygen atoms in total. The molecule has 0 atom stereocenters.